The molecule has 0 aliphatic heterocycles. The third kappa shape index (κ3) is 4.20. The number of benzene rings is 2. The summed E-state index contributed by atoms with van der Waals surface area (Å²) in [7, 11) is 0. The molecule has 0 saturated carbocycles. The average molecular weight is 298 g/mol. The number of phenolic OH excluding ortho intramolecular Hbond substituents is 1. The minimum atomic E-state index is -4.77. The molecule has 2 rings (SSSR count). The monoisotopic (exact) mass is 298 g/mol. The van der Waals surface area contributed by atoms with Gasteiger partial charge < -0.3 is 20.9 Å². The molecular weight excluding hydrogens is 285 g/mol. The Balaban J connectivity index is 2.15. The molecule has 0 aromatic heterocycles. The maximum Gasteiger partial charge on any atom is 0.573 e. The molecule has 0 heterocycles. The van der Waals surface area contributed by atoms with Gasteiger partial charge >= 0.3 is 6.36 Å². The smallest absolute Gasteiger partial charge is 0.508 e. The van der Waals surface area contributed by atoms with Crippen molar-refractivity contribution in [1.82, 2.24) is 0 Å². The first-order chi connectivity index (χ1) is 9.85. The third-order valence-electron chi connectivity index (χ3n) is 2.69. The van der Waals surface area contributed by atoms with Crippen molar-refractivity contribution in [3.8, 4) is 11.5 Å². The number of para-hydroxylation sites is 2. The molecule has 2 aromatic rings. The summed E-state index contributed by atoms with van der Waals surface area (Å²) in [6.45, 7) is 0.106. The van der Waals surface area contributed by atoms with Crippen LogP contribution in [0.4, 0.5) is 24.5 Å². The normalized spacial score (nSPS) is 11.2. The second-order valence-corrected chi connectivity index (χ2v) is 4.29. The number of hydrogen-bond acceptors (Lipinski definition) is 4. The molecule has 4 N–H and O–H groups in total. The lowest BCUT2D eigenvalue weighted by molar-refractivity contribution is -0.274. The first kappa shape index (κ1) is 14.8. The van der Waals surface area contributed by atoms with Crippen molar-refractivity contribution in [3.63, 3.8) is 0 Å². The largest absolute Gasteiger partial charge is 0.573 e. The van der Waals surface area contributed by atoms with Gasteiger partial charge in [0.1, 0.15) is 5.75 Å². The van der Waals surface area contributed by atoms with Crippen LogP contribution < -0.4 is 15.8 Å². The number of hydrogen-bond donors (Lipinski definition) is 3. The quantitative estimate of drug-likeness (QED) is 0.597. The highest BCUT2D eigenvalue weighted by molar-refractivity contribution is 5.57. The highest BCUT2D eigenvalue weighted by Gasteiger charge is 2.32. The van der Waals surface area contributed by atoms with Crippen molar-refractivity contribution < 1.29 is 23.0 Å². The van der Waals surface area contributed by atoms with Crippen molar-refractivity contribution in [2.75, 3.05) is 11.1 Å². The molecule has 0 aliphatic rings. The molecule has 0 saturated heterocycles. The van der Waals surface area contributed by atoms with E-state index < -0.39 is 6.36 Å². The predicted octanol–water partition coefficient (Wildman–Crippen LogP) is 3.49. The molecule has 4 nitrogen and oxygen atoms in total. The van der Waals surface area contributed by atoms with E-state index in [1.807, 2.05) is 0 Å². The zero-order valence-corrected chi connectivity index (χ0v) is 10.8. The van der Waals surface area contributed by atoms with E-state index in [9.17, 15) is 18.3 Å². The van der Waals surface area contributed by atoms with Crippen LogP contribution in [0.25, 0.3) is 0 Å². The second-order valence-electron chi connectivity index (χ2n) is 4.29. The molecule has 21 heavy (non-hydrogen) atoms. The fraction of sp³-hybridized carbons (Fsp3) is 0.143. The third-order valence-corrected chi connectivity index (χ3v) is 2.69. The van der Waals surface area contributed by atoms with Gasteiger partial charge in [0, 0.05) is 17.8 Å². The number of nitrogens with two attached hydrogens (primary N) is 1. The van der Waals surface area contributed by atoms with Crippen molar-refractivity contribution in [3.05, 3.63) is 48.0 Å². The van der Waals surface area contributed by atoms with Gasteiger partial charge in [-0.15, -0.1) is 13.2 Å². The highest BCUT2D eigenvalue weighted by atomic mass is 19.4. The van der Waals surface area contributed by atoms with Gasteiger partial charge in [-0.05, 0) is 30.3 Å². The van der Waals surface area contributed by atoms with Gasteiger partial charge in [0.2, 0.25) is 0 Å². The van der Waals surface area contributed by atoms with Crippen molar-refractivity contribution in [1.29, 1.82) is 0 Å². The number of rotatable bonds is 4. The van der Waals surface area contributed by atoms with Crippen LogP contribution in [0.1, 0.15) is 5.56 Å². The van der Waals surface area contributed by atoms with E-state index in [1.165, 1.54) is 36.4 Å². The Bertz CT molecular complexity index is 630. The van der Waals surface area contributed by atoms with E-state index in [0.717, 1.165) is 0 Å². The molecule has 0 aliphatic carbocycles. The van der Waals surface area contributed by atoms with Crippen LogP contribution in [-0.2, 0) is 6.54 Å². The Morgan fingerprint density at radius 2 is 1.86 bits per heavy atom. The van der Waals surface area contributed by atoms with Crippen molar-refractivity contribution in [2.24, 2.45) is 0 Å². The van der Waals surface area contributed by atoms with Gasteiger partial charge in [0.25, 0.3) is 0 Å². The van der Waals surface area contributed by atoms with E-state index >= 15 is 0 Å². The maximum absolute atomic E-state index is 12.3. The summed E-state index contributed by atoms with van der Waals surface area (Å²) >= 11 is 0. The lowest BCUT2D eigenvalue weighted by atomic mass is 10.1. The minimum absolute atomic E-state index is 0.00548. The van der Waals surface area contributed by atoms with Gasteiger partial charge in [-0.1, -0.05) is 12.1 Å². The fourth-order valence-corrected chi connectivity index (χ4v) is 1.76. The highest BCUT2D eigenvalue weighted by Crippen LogP contribution is 2.31. The van der Waals surface area contributed by atoms with E-state index in [2.05, 4.69) is 10.1 Å². The Morgan fingerprint density at radius 3 is 2.57 bits per heavy atom. The van der Waals surface area contributed by atoms with E-state index in [1.54, 1.807) is 6.07 Å². The Kier molecular flexibility index (Phi) is 4.11. The van der Waals surface area contributed by atoms with Crippen LogP contribution in [-0.4, -0.2) is 11.5 Å². The molecule has 0 radical (unpaired) electrons. The van der Waals surface area contributed by atoms with Gasteiger partial charge in [-0.3, -0.25) is 0 Å². The molecule has 0 amide bonds. The number of halogens is 3. The molecule has 7 heteroatoms. The Hall–Kier alpha value is -2.57. The molecule has 0 atom stereocenters. The zero-order chi connectivity index (χ0) is 15.5. The molecule has 0 unspecified atom stereocenters. The topological polar surface area (TPSA) is 67.5 Å². The summed E-state index contributed by atoms with van der Waals surface area (Å²) in [5.74, 6) is -0.334. The van der Waals surface area contributed by atoms with E-state index in [4.69, 9.17) is 5.73 Å². The van der Waals surface area contributed by atoms with Gasteiger partial charge in [0.05, 0.1) is 5.69 Å². The average Bonchev–Trinajstić information content (AvgIpc) is 2.39. The molecule has 0 fully saturated rings. The number of aromatic hydroxyl groups is 1. The summed E-state index contributed by atoms with van der Waals surface area (Å²) in [4.78, 5) is 0. The van der Waals surface area contributed by atoms with Gasteiger partial charge in [-0.25, -0.2) is 0 Å². The summed E-state index contributed by atoms with van der Waals surface area (Å²) in [5, 5.41) is 12.4. The van der Waals surface area contributed by atoms with Crippen molar-refractivity contribution in [2.45, 2.75) is 12.9 Å². The first-order valence-corrected chi connectivity index (χ1v) is 6.01. The Morgan fingerprint density at radius 1 is 1.14 bits per heavy atom. The molecule has 112 valence electrons. The number of alkyl halides is 3. The van der Waals surface area contributed by atoms with Crippen LogP contribution in [0.15, 0.2) is 42.5 Å². The van der Waals surface area contributed by atoms with Crippen LogP contribution in [0.5, 0.6) is 11.5 Å². The number of anilines is 2. The van der Waals surface area contributed by atoms with Crippen LogP contribution in [0.3, 0.4) is 0 Å². The predicted molar refractivity (Wildman–Crippen MR) is 73.0 cm³/mol. The Labute approximate surface area is 119 Å². The lowest BCUT2D eigenvalue weighted by Crippen LogP contribution is -2.18. The minimum Gasteiger partial charge on any atom is -0.508 e. The fourth-order valence-electron chi connectivity index (χ4n) is 1.76. The van der Waals surface area contributed by atoms with Crippen LogP contribution >= 0.6 is 0 Å². The van der Waals surface area contributed by atoms with Gasteiger partial charge in [0.15, 0.2) is 5.75 Å². The molecule has 0 spiro atoms. The molecule has 2 aromatic carbocycles. The SMILES string of the molecule is Nc1ccc(O)c(CNc2ccccc2OC(F)(F)F)c1. The van der Waals surface area contributed by atoms with Crippen LogP contribution in [0, 0.1) is 0 Å². The molecular formula is C14H13F3N2O2. The maximum atomic E-state index is 12.3. The first-order valence-electron chi connectivity index (χ1n) is 6.01. The summed E-state index contributed by atoms with van der Waals surface area (Å²) in [6, 6.07) is 10.1. The number of phenols is 1. The van der Waals surface area contributed by atoms with Crippen LogP contribution in [0.2, 0.25) is 0 Å². The summed E-state index contributed by atoms with van der Waals surface area (Å²) in [5.41, 5.74) is 6.68. The van der Waals surface area contributed by atoms with Gasteiger partial charge in [-0.2, -0.15) is 0 Å². The van der Waals surface area contributed by atoms with E-state index in [0.29, 0.717) is 11.3 Å². The summed E-state index contributed by atoms with van der Waals surface area (Å²) < 4.78 is 40.8. The second kappa shape index (κ2) is 5.82. The lowest BCUT2D eigenvalue weighted by Gasteiger charge is -2.15. The number of nitrogens with one attached hydrogen (secondary N) is 1. The number of nitrogen functional groups attached to an aromatic ring is 1. The zero-order valence-electron chi connectivity index (χ0n) is 10.8. The number of ether oxygens (including phenoxy) is 1. The summed E-state index contributed by atoms with van der Waals surface area (Å²) in [6.07, 6.45) is -4.77. The van der Waals surface area contributed by atoms with Crippen molar-refractivity contribution >= 4 is 11.4 Å². The van der Waals surface area contributed by atoms with E-state index in [-0.39, 0.29) is 23.7 Å². The standard InChI is InChI=1S/C14H13F3N2O2/c15-14(16,17)21-13-4-2-1-3-11(13)19-8-9-7-10(18)5-6-12(9)20/h1-7,19-20H,8,18H2. The molecule has 0 bridgehead atoms.